The molecule has 1 saturated heterocycles. The van der Waals surface area contributed by atoms with Gasteiger partial charge in [0.05, 0.1) is 11.5 Å². The molecule has 2 rings (SSSR count). The Hall–Kier alpha value is -0.940. The van der Waals surface area contributed by atoms with Crippen LogP contribution in [0.3, 0.4) is 0 Å². The van der Waals surface area contributed by atoms with Crippen LogP contribution in [0.1, 0.15) is 24.4 Å². The van der Waals surface area contributed by atoms with Crippen molar-refractivity contribution < 1.29 is 12.8 Å². The summed E-state index contributed by atoms with van der Waals surface area (Å²) >= 11 is 0. The molecule has 0 spiro atoms. The first-order valence-electron chi connectivity index (χ1n) is 6.13. The van der Waals surface area contributed by atoms with Gasteiger partial charge in [0.15, 0.2) is 9.84 Å². The lowest BCUT2D eigenvalue weighted by atomic mass is 9.94. The van der Waals surface area contributed by atoms with Crippen molar-refractivity contribution in [2.75, 3.05) is 18.6 Å². The molecule has 0 saturated carbocycles. The van der Waals surface area contributed by atoms with E-state index >= 15 is 0 Å². The summed E-state index contributed by atoms with van der Waals surface area (Å²) in [6.07, 6.45) is 1.52. The van der Waals surface area contributed by atoms with Crippen LogP contribution in [0, 0.1) is 11.7 Å². The number of nitrogens with one attached hydrogen (secondary N) is 1. The van der Waals surface area contributed by atoms with Crippen LogP contribution in [0.25, 0.3) is 0 Å². The lowest BCUT2D eigenvalue weighted by Gasteiger charge is -2.19. The highest BCUT2D eigenvalue weighted by molar-refractivity contribution is 7.91. The summed E-state index contributed by atoms with van der Waals surface area (Å²) in [6, 6.07) is 6.46. The third-order valence-corrected chi connectivity index (χ3v) is 5.35. The second-order valence-corrected chi connectivity index (χ2v) is 7.13. The van der Waals surface area contributed by atoms with Gasteiger partial charge in [-0.2, -0.15) is 0 Å². The second-order valence-electron chi connectivity index (χ2n) is 4.90. The molecular formula is C13H18FNO2S. The highest BCUT2D eigenvalue weighted by Gasteiger charge is 2.29. The summed E-state index contributed by atoms with van der Waals surface area (Å²) in [5.74, 6) is 0.540. The predicted molar refractivity (Wildman–Crippen MR) is 69.6 cm³/mol. The number of sulfone groups is 1. The van der Waals surface area contributed by atoms with E-state index in [0.717, 1.165) is 18.4 Å². The van der Waals surface area contributed by atoms with Crippen molar-refractivity contribution >= 4 is 9.84 Å². The maximum absolute atomic E-state index is 12.9. The second kappa shape index (κ2) is 5.36. The Bertz CT molecular complexity index is 498. The van der Waals surface area contributed by atoms with E-state index < -0.39 is 9.84 Å². The molecule has 0 bridgehead atoms. The lowest BCUT2D eigenvalue weighted by molar-refractivity contribution is 0.436. The maximum atomic E-state index is 12.9. The van der Waals surface area contributed by atoms with E-state index in [1.54, 1.807) is 12.1 Å². The van der Waals surface area contributed by atoms with Gasteiger partial charge in [0, 0.05) is 6.04 Å². The van der Waals surface area contributed by atoms with E-state index in [-0.39, 0.29) is 23.5 Å². The van der Waals surface area contributed by atoms with Crippen LogP contribution >= 0.6 is 0 Å². The van der Waals surface area contributed by atoms with Crippen molar-refractivity contribution in [2.24, 2.45) is 5.92 Å². The van der Waals surface area contributed by atoms with Crippen LogP contribution in [-0.2, 0) is 9.84 Å². The monoisotopic (exact) mass is 271 g/mol. The molecule has 1 aliphatic heterocycles. The molecule has 1 N–H and O–H groups in total. The lowest BCUT2D eigenvalue weighted by Crippen LogP contribution is -2.20. The minimum absolute atomic E-state index is 0.0869. The van der Waals surface area contributed by atoms with Crippen LogP contribution in [0.15, 0.2) is 24.3 Å². The van der Waals surface area contributed by atoms with Gasteiger partial charge in [-0.3, -0.25) is 0 Å². The fourth-order valence-electron chi connectivity index (χ4n) is 2.51. The van der Waals surface area contributed by atoms with Crippen molar-refractivity contribution in [3.63, 3.8) is 0 Å². The van der Waals surface area contributed by atoms with Crippen molar-refractivity contribution in [3.8, 4) is 0 Å². The summed E-state index contributed by atoms with van der Waals surface area (Å²) in [5, 5.41) is 3.17. The Morgan fingerprint density at radius 3 is 2.56 bits per heavy atom. The van der Waals surface area contributed by atoms with E-state index in [1.807, 2.05) is 7.05 Å². The smallest absolute Gasteiger partial charge is 0.150 e. The molecule has 100 valence electrons. The van der Waals surface area contributed by atoms with Crippen molar-refractivity contribution in [2.45, 2.75) is 18.9 Å². The molecule has 1 aromatic carbocycles. The summed E-state index contributed by atoms with van der Waals surface area (Å²) in [7, 11) is -0.981. The number of hydrogen-bond donors (Lipinski definition) is 1. The molecule has 1 aliphatic rings. The first-order chi connectivity index (χ1) is 8.50. The molecule has 0 aliphatic carbocycles. The zero-order valence-electron chi connectivity index (χ0n) is 10.4. The Kier molecular flexibility index (Phi) is 4.02. The molecular weight excluding hydrogens is 253 g/mol. The van der Waals surface area contributed by atoms with Crippen LogP contribution in [0.4, 0.5) is 4.39 Å². The van der Waals surface area contributed by atoms with Crippen LogP contribution in [0.2, 0.25) is 0 Å². The summed E-state index contributed by atoms with van der Waals surface area (Å²) in [4.78, 5) is 0. The molecule has 2 unspecified atom stereocenters. The van der Waals surface area contributed by atoms with E-state index in [2.05, 4.69) is 5.32 Å². The molecule has 2 atom stereocenters. The molecule has 18 heavy (non-hydrogen) atoms. The highest BCUT2D eigenvalue weighted by Crippen LogP contribution is 2.28. The maximum Gasteiger partial charge on any atom is 0.150 e. The fourth-order valence-corrected chi connectivity index (χ4v) is 4.39. The van der Waals surface area contributed by atoms with Gasteiger partial charge in [-0.05, 0) is 43.5 Å². The largest absolute Gasteiger partial charge is 0.313 e. The average Bonchev–Trinajstić information content (AvgIpc) is 2.67. The number of halogens is 1. The molecule has 0 amide bonds. The summed E-state index contributed by atoms with van der Waals surface area (Å²) in [5.41, 5.74) is 1.00. The van der Waals surface area contributed by atoms with Gasteiger partial charge >= 0.3 is 0 Å². The van der Waals surface area contributed by atoms with E-state index in [9.17, 15) is 12.8 Å². The molecule has 0 radical (unpaired) electrons. The molecule has 1 heterocycles. The van der Waals surface area contributed by atoms with Gasteiger partial charge in [-0.25, -0.2) is 12.8 Å². The molecule has 5 heteroatoms. The number of hydrogen-bond acceptors (Lipinski definition) is 3. The predicted octanol–water partition coefficient (Wildman–Crippen LogP) is 1.91. The molecule has 3 nitrogen and oxygen atoms in total. The van der Waals surface area contributed by atoms with Crippen molar-refractivity contribution in [1.82, 2.24) is 5.32 Å². The van der Waals surface area contributed by atoms with Gasteiger partial charge < -0.3 is 5.32 Å². The van der Waals surface area contributed by atoms with E-state index in [1.165, 1.54) is 12.1 Å². The Morgan fingerprint density at radius 1 is 1.39 bits per heavy atom. The van der Waals surface area contributed by atoms with Crippen LogP contribution in [0.5, 0.6) is 0 Å². The number of rotatable bonds is 4. The van der Waals surface area contributed by atoms with E-state index in [0.29, 0.717) is 5.75 Å². The third-order valence-electron chi connectivity index (χ3n) is 3.52. The average molecular weight is 271 g/mol. The van der Waals surface area contributed by atoms with Crippen molar-refractivity contribution in [3.05, 3.63) is 35.6 Å². The molecule has 0 aromatic heterocycles. The third kappa shape index (κ3) is 3.29. The van der Waals surface area contributed by atoms with E-state index in [4.69, 9.17) is 0 Å². The zero-order chi connectivity index (χ0) is 13.2. The van der Waals surface area contributed by atoms with Gasteiger partial charge in [0.25, 0.3) is 0 Å². The fraction of sp³-hybridized carbons (Fsp3) is 0.538. The van der Waals surface area contributed by atoms with Gasteiger partial charge in [0.2, 0.25) is 0 Å². The Labute approximate surface area is 107 Å². The van der Waals surface area contributed by atoms with Gasteiger partial charge in [0.1, 0.15) is 5.82 Å². The van der Waals surface area contributed by atoms with Crippen LogP contribution < -0.4 is 5.32 Å². The molecule has 1 fully saturated rings. The molecule has 1 aromatic rings. The normalized spacial score (nSPS) is 24.0. The topological polar surface area (TPSA) is 46.2 Å². The zero-order valence-corrected chi connectivity index (χ0v) is 11.2. The van der Waals surface area contributed by atoms with Gasteiger partial charge in [-0.15, -0.1) is 0 Å². The first kappa shape index (κ1) is 13.5. The Balaban J connectivity index is 2.04. The number of benzene rings is 1. The summed E-state index contributed by atoms with van der Waals surface area (Å²) < 4.78 is 35.7. The standard InChI is InChI=1S/C13H18FNO2S/c1-15-13(11-2-4-12(14)5-3-11)8-10-6-7-18(16,17)9-10/h2-5,10,13,15H,6-9H2,1H3. The SMILES string of the molecule is CNC(CC1CCS(=O)(=O)C1)c1ccc(F)cc1. The Morgan fingerprint density at radius 2 is 2.06 bits per heavy atom. The van der Waals surface area contributed by atoms with Crippen LogP contribution in [-0.4, -0.2) is 27.0 Å². The first-order valence-corrected chi connectivity index (χ1v) is 7.95. The quantitative estimate of drug-likeness (QED) is 0.910. The summed E-state index contributed by atoms with van der Waals surface area (Å²) in [6.45, 7) is 0. The van der Waals surface area contributed by atoms with Crippen molar-refractivity contribution in [1.29, 1.82) is 0 Å². The minimum atomic E-state index is -2.83. The van der Waals surface area contributed by atoms with Gasteiger partial charge in [-0.1, -0.05) is 12.1 Å². The minimum Gasteiger partial charge on any atom is -0.313 e. The highest BCUT2D eigenvalue weighted by atomic mass is 32.2.